The molecular formula is C32H36O6. The lowest BCUT2D eigenvalue weighted by Crippen LogP contribution is -2.44. The van der Waals surface area contributed by atoms with Crippen LogP contribution >= 0.6 is 0 Å². The third-order valence-electron chi connectivity index (χ3n) is 6.36. The van der Waals surface area contributed by atoms with Gasteiger partial charge in [0.05, 0.1) is 13.0 Å². The van der Waals surface area contributed by atoms with Crippen molar-refractivity contribution in [2.24, 2.45) is 0 Å². The molecule has 0 aliphatic carbocycles. The second-order valence-electron chi connectivity index (χ2n) is 9.53. The van der Waals surface area contributed by atoms with Gasteiger partial charge in [-0.3, -0.25) is 4.79 Å². The molecule has 0 heterocycles. The molecule has 0 aromatic heterocycles. The van der Waals surface area contributed by atoms with Gasteiger partial charge in [-0.25, -0.2) is 4.79 Å². The SMILES string of the molecule is CCOC(=O)C(O)(CCC=C(C)C)CC(=O)OC(c1ccccc1)C(O)(c1ccccc1)c1ccccc1. The third-order valence-corrected chi connectivity index (χ3v) is 6.36. The van der Waals surface area contributed by atoms with Crippen LogP contribution in [0, 0.1) is 0 Å². The van der Waals surface area contributed by atoms with Gasteiger partial charge in [-0.2, -0.15) is 0 Å². The van der Waals surface area contributed by atoms with Crippen molar-refractivity contribution in [1.29, 1.82) is 0 Å². The number of carbonyl (C=O) groups is 2. The maximum Gasteiger partial charge on any atom is 0.338 e. The molecule has 200 valence electrons. The summed E-state index contributed by atoms with van der Waals surface area (Å²) in [4.78, 5) is 26.2. The minimum absolute atomic E-state index is 0.0102. The molecule has 0 spiro atoms. The Bertz CT molecular complexity index is 1160. The molecule has 6 nitrogen and oxygen atoms in total. The smallest absolute Gasteiger partial charge is 0.338 e. The molecule has 2 atom stereocenters. The summed E-state index contributed by atoms with van der Waals surface area (Å²) in [5.74, 6) is -1.71. The average Bonchev–Trinajstić information content (AvgIpc) is 2.92. The number of allylic oxidation sites excluding steroid dienone is 2. The summed E-state index contributed by atoms with van der Waals surface area (Å²) in [6.45, 7) is 5.53. The predicted octanol–water partition coefficient (Wildman–Crippen LogP) is 5.64. The molecule has 0 aliphatic rings. The van der Waals surface area contributed by atoms with Gasteiger partial charge < -0.3 is 19.7 Å². The number of ether oxygens (including phenoxy) is 2. The number of hydrogen-bond acceptors (Lipinski definition) is 6. The molecule has 3 aromatic rings. The first kappa shape index (κ1) is 28.8. The van der Waals surface area contributed by atoms with Gasteiger partial charge in [0, 0.05) is 0 Å². The second kappa shape index (κ2) is 13.2. The van der Waals surface area contributed by atoms with E-state index < -0.39 is 35.7 Å². The van der Waals surface area contributed by atoms with Crippen molar-refractivity contribution in [3.63, 3.8) is 0 Å². The van der Waals surface area contributed by atoms with Crippen LogP contribution in [-0.2, 0) is 24.7 Å². The standard InChI is InChI=1S/C32H36O6/c1-4-37-30(34)31(35,22-14-15-24(2)3)23-28(33)38-29(25-16-8-5-9-17-25)32(36,26-18-10-6-11-19-26)27-20-12-7-13-21-27/h5-13,15-21,29,35-36H,4,14,22-23H2,1-3H3. The summed E-state index contributed by atoms with van der Waals surface area (Å²) < 4.78 is 11.1. The van der Waals surface area contributed by atoms with Crippen LogP contribution in [0.5, 0.6) is 0 Å². The zero-order chi connectivity index (χ0) is 27.6. The maximum atomic E-state index is 13.4. The van der Waals surface area contributed by atoms with E-state index in [9.17, 15) is 19.8 Å². The molecular weight excluding hydrogens is 480 g/mol. The molecule has 0 fully saturated rings. The zero-order valence-corrected chi connectivity index (χ0v) is 22.2. The molecule has 0 aliphatic heterocycles. The Morgan fingerprint density at radius 2 is 1.34 bits per heavy atom. The zero-order valence-electron chi connectivity index (χ0n) is 22.2. The predicted molar refractivity (Wildman–Crippen MR) is 146 cm³/mol. The van der Waals surface area contributed by atoms with Gasteiger partial charge in [0.25, 0.3) is 0 Å². The van der Waals surface area contributed by atoms with Crippen molar-refractivity contribution in [3.8, 4) is 0 Å². The summed E-state index contributed by atoms with van der Waals surface area (Å²) in [7, 11) is 0. The maximum absolute atomic E-state index is 13.4. The van der Waals surface area contributed by atoms with E-state index >= 15 is 0 Å². The topological polar surface area (TPSA) is 93.1 Å². The number of benzene rings is 3. The Kier molecular flexibility index (Phi) is 9.99. The largest absolute Gasteiger partial charge is 0.464 e. The number of carbonyl (C=O) groups excluding carboxylic acids is 2. The van der Waals surface area contributed by atoms with Gasteiger partial charge in [-0.05, 0) is 50.3 Å². The Labute approximate surface area is 224 Å². The molecule has 0 saturated heterocycles. The fourth-order valence-electron chi connectivity index (χ4n) is 4.42. The van der Waals surface area contributed by atoms with Crippen LogP contribution in [0.2, 0.25) is 0 Å². The number of esters is 2. The lowest BCUT2D eigenvalue weighted by Gasteiger charge is -2.37. The first-order chi connectivity index (χ1) is 18.2. The molecule has 3 rings (SSSR count). The van der Waals surface area contributed by atoms with Crippen molar-refractivity contribution in [2.45, 2.75) is 57.3 Å². The van der Waals surface area contributed by atoms with Crippen LogP contribution in [0.4, 0.5) is 0 Å². The Morgan fingerprint density at radius 3 is 1.82 bits per heavy atom. The van der Waals surface area contributed by atoms with Crippen LogP contribution in [-0.4, -0.2) is 34.4 Å². The highest BCUT2D eigenvalue weighted by Gasteiger charge is 2.46. The van der Waals surface area contributed by atoms with E-state index in [0.717, 1.165) is 5.57 Å². The van der Waals surface area contributed by atoms with Crippen LogP contribution in [0.1, 0.15) is 62.8 Å². The lowest BCUT2D eigenvalue weighted by atomic mass is 9.79. The van der Waals surface area contributed by atoms with Crippen LogP contribution in [0.25, 0.3) is 0 Å². The highest BCUT2D eigenvalue weighted by molar-refractivity contribution is 5.85. The molecule has 2 unspecified atom stereocenters. The highest BCUT2D eigenvalue weighted by atomic mass is 16.6. The Balaban J connectivity index is 2.03. The molecule has 38 heavy (non-hydrogen) atoms. The Morgan fingerprint density at radius 1 is 0.842 bits per heavy atom. The normalized spacial score (nSPS) is 13.6. The molecule has 0 radical (unpaired) electrons. The van der Waals surface area contributed by atoms with E-state index in [-0.39, 0.29) is 13.0 Å². The van der Waals surface area contributed by atoms with Crippen molar-refractivity contribution >= 4 is 11.9 Å². The van der Waals surface area contributed by atoms with Gasteiger partial charge in [0.15, 0.2) is 17.3 Å². The van der Waals surface area contributed by atoms with Crippen molar-refractivity contribution < 1.29 is 29.3 Å². The first-order valence-electron chi connectivity index (χ1n) is 12.8. The second-order valence-corrected chi connectivity index (χ2v) is 9.53. The van der Waals surface area contributed by atoms with Gasteiger partial charge in [0.2, 0.25) is 0 Å². The molecule has 2 N–H and O–H groups in total. The van der Waals surface area contributed by atoms with Crippen molar-refractivity contribution in [2.75, 3.05) is 6.61 Å². The Hall–Kier alpha value is -3.74. The van der Waals surface area contributed by atoms with Crippen LogP contribution in [0.15, 0.2) is 103 Å². The molecule has 3 aromatic carbocycles. The van der Waals surface area contributed by atoms with Crippen LogP contribution in [0.3, 0.4) is 0 Å². The number of rotatable bonds is 12. The molecule has 0 amide bonds. The van der Waals surface area contributed by atoms with Gasteiger partial charge >= 0.3 is 11.9 Å². The number of hydrogen-bond donors (Lipinski definition) is 2. The monoisotopic (exact) mass is 516 g/mol. The molecule has 0 saturated carbocycles. The van der Waals surface area contributed by atoms with Crippen LogP contribution < -0.4 is 0 Å². The molecule has 6 heteroatoms. The van der Waals surface area contributed by atoms with Gasteiger partial charge in [-0.15, -0.1) is 0 Å². The quantitative estimate of drug-likeness (QED) is 0.239. The van der Waals surface area contributed by atoms with E-state index in [1.165, 1.54) is 0 Å². The lowest BCUT2D eigenvalue weighted by molar-refractivity contribution is -0.180. The minimum Gasteiger partial charge on any atom is -0.464 e. The first-order valence-corrected chi connectivity index (χ1v) is 12.8. The van der Waals surface area contributed by atoms with Gasteiger partial charge in [0.1, 0.15) is 0 Å². The fourth-order valence-corrected chi connectivity index (χ4v) is 4.42. The summed E-state index contributed by atoms with van der Waals surface area (Å²) in [6, 6.07) is 26.9. The summed E-state index contributed by atoms with van der Waals surface area (Å²) in [6.07, 6.45) is 0.455. The summed E-state index contributed by atoms with van der Waals surface area (Å²) >= 11 is 0. The van der Waals surface area contributed by atoms with Crippen molar-refractivity contribution in [1.82, 2.24) is 0 Å². The minimum atomic E-state index is -2.07. The average molecular weight is 517 g/mol. The molecule has 0 bridgehead atoms. The van der Waals surface area contributed by atoms with E-state index in [4.69, 9.17) is 9.47 Å². The highest BCUT2D eigenvalue weighted by Crippen LogP contribution is 2.43. The number of aliphatic hydroxyl groups is 2. The van der Waals surface area contributed by atoms with E-state index in [2.05, 4.69) is 0 Å². The van der Waals surface area contributed by atoms with Gasteiger partial charge in [-0.1, -0.05) is 103 Å². The van der Waals surface area contributed by atoms with E-state index in [1.54, 1.807) is 79.7 Å². The summed E-state index contributed by atoms with van der Waals surface area (Å²) in [5, 5.41) is 23.6. The third kappa shape index (κ3) is 6.97. The van der Waals surface area contributed by atoms with E-state index in [1.807, 2.05) is 38.1 Å². The van der Waals surface area contributed by atoms with E-state index in [0.29, 0.717) is 23.1 Å². The fraction of sp³-hybridized carbons (Fsp3) is 0.312. The summed E-state index contributed by atoms with van der Waals surface area (Å²) in [5.41, 5.74) is -1.20. The van der Waals surface area contributed by atoms with Crippen molar-refractivity contribution in [3.05, 3.63) is 119 Å².